The molecule has 0 spiro atoms. The minimum Gasteiger partial charge on any atom is -0.399 e. The number of aryl methyl sites for hydroxylation is 1. The van der Waals surface area contributed by atoms with Crippen LogP contribution in [0.1, 0.15) is 31.9 Å². The molecule has 90 valence electrons. The summed E-state index contributed by atoms with van der Waals surface area (Å²) in [5.41, 5.74) is 9.24. The van der Waals surface area contributed by atoms with Gasteiger partial charge in [-0.1, -0.05) is 32.9 Å². The van der Waals surface area contributed by atoms with Crippen LogP contribution in [0.5, 0.6) is 0 Å². The number of nitrogens with zero attached hydrogens (tertiary/aromatic N) is 1. The van der Waals surface area contributed by atoms with E-state index in [4.69, 9.17) is 5.73 Å². The van der Waals surface area contributed by atoms with E-state index < -0.39 is 0 Å². The number of nitrogen functional groups attached to an aromatic ring is 1. The van der Waals surface area contributed by atoms with Gasteiger partial charge in [0.05, 0.1) is 0 Å². The minimum atomic E-state index is 0.717. The fourth-order valence-corrected chi connectivity index (χ4v) is 1.92. The van der Waals surface area contributed by atoms with E-state index in [1.807, 2.05) is 6.07 Å². The van der Waals surface area contributed by atoms with Crippen LogP contribution in [0.3, 0.4) is 0 Å². The van der Waals surface area contributed by atoms with Gasteiger partial charge in [0.1, 0.15) is 0 Å². The highest BCUT2D eigenvalue weighted by molar-refractivity contribution is 5.47. The second-order valence-electron chi connectivity index (χ2n) is 4.91. The van der Waals surface area contributed by atoms with Gasteiger partial charge in [0.2, 0.25) is 0 Å². The normalized spacial score (nSPS) is 11.4. The van der Waals surface area contributed by atoms with Crippen LogP contribution in [0.2, 0.25) is 0 Å². The molecular formula is C14H24N2. The molecule has 1 rings (SSSR count). The highest BCUT2D eigenvalue weighted by atomic mass is 15.1. The smallest absolute Gasteiger partial charge is 0.0343 e. The second kappa shape index (κ2) is 5.90. The number of anilines is 1. The first kappa shape index (κ1) is 13.0. The SMILES string of the molecule is CCN(Cc1ccc(N)c(C)c1)CC(C)C. The van der Waals surface area contributed by atoms with Gasteiger partial charge in [-0.2, -0.15) is 0 Å². The zero-order valence-electron chi connectivity index (χ0n) is 11.0. The Bertz CT molecular complexity index is 332. The lowest BCUT2D eigenvalue weighted by atomic mass is 10.1. The average molecular weight is 220 g/mol. The van der Waals surface area contributed by atoms with Crippen LogP contribution in [0.4, 0.5) is 5.69 Å². The molecule has 0 unspecified atom stereocenters. The van der Waals surface area contributed by atoms with Crippen LogP contribution in [0.15, 0.2) is 18.2 Å². The van der Waals surface area contributed by atoms with Crippen LogP contribution in [0, 0.1) is 12.8 Å². The summed E-state index contributed by atoms with van der Waals surface area (Å²) in [4.78, 5) is 2.47. The number of hydrogen-bond donors (Lipinski definition) is 1. The van der Waals surface area contributed by atoms with Crippen LogP contribution >= 0.6 is 0 Å². The summed E-state index contributed by atoms with van der Waals surface area (Å²) in [5, 5.41) is 0. The summed E-state index contributed by atoms with van der Waals surface area (Å²) >= 11 is 0. The lowest BCUT2D eigenvalue weighted by Gasteiger charge is -2.22. The quantitative estimate of drug-likeness (QED) is 0.773. The van der Waals surface area contributed by atoms with Crippen LogP contribution in [-0.4, -0.2) is 18.0 Å². The van der Waals surface area contributed by atoms with Gasteiger partial charge >= 0.3 is 0 Å². The lowest BCUT2D eigenvalue weighted by molar-refractivity contribution is 0.248. The van der Waals surface area contributed by atoms with E-state index >= 15 is 0 Å². The van der Waals surface area contributed by atoms with Crippen molar-refractivity contribution in [3.05, 3.63) is 29.3 Å². The first-order chi connectivity index (χ1) is 7.52. The van der Waals surface area contributed by atoms with Crippen molar-refractivity contribution < 1.29 is 0 Å². The van der Waals surface area contributed by atoms with E-state index in [2.05, 4.69) is 44.7 Å². The molecule has 2 heteroatoms. The number of benzene rings is 1. The second-order valence-corrected chi connectivity index (χ2v) is 4.91. The van der Waals surface area contributed by atoms with E-state index in [1.165, 1.54) is 11.1 Å². The monoisotopic (exact) mass is 220 g/mol. The molecule has 0 atom stereocenters. The lowest BCUT2D eigenvalue weighted by Crippen LogP contribution is -2.27. The predicted octanol–water partition coefficient (Wildman–Crippen LogP) is 3.06. The maximum Gasteiger partial charge on any atom is 0.0343 e. The van der Waals surface area contributed by atoms with Gasteiger partial charge in [0, 0.05) is 18.8 Å². The van der Waals surface area contributed by atoms with E-state index in [0.29, 0.717) is 0 Å². The molecule has 0 aliphatic heterocycles. The topological polar surface area (TPSA) is 29.3 Å². The molecule has 16 heavy (non-hydrogen) atoms. The molecule has 0 aromatic heterocycles. The Balaban J connectivity index is 2.66. The van der Waals surface area contributed by atoms with E-state index in [1.54, 1.807) is 0 Å². The Morgan fingerprint density at radius 1 is 1.31 bits per heavy atom. The standard InChI is InChI=1S/C14H24N2/c1-5-16(9-11(2)3)10-13-6-7-14(15)12(4)8-13/h6-8,11H,5,9-10,15H2,1-4H3. The van der Waals surface area contributed by atoms with E-state index in [0.717, 1.165) is 31.2 Å². The third-order valence-electron chi connectivity index (χ3n) is 2.81. The van der Waals surface area contributed by atoms with Crippen molar-refractivity contribution in [3.63, 3.8) is 0 Å². The number of rotatable bonds is 5. The van der Waals surface area contributed by atoms with Gasteiger partial charge in [-0.05, 0) is 36.6 Å². The highest BCUT2D eigenvalue weighted by Gasteiger charge is 2.06. The minimum absolute atomic E-state index is 0.717. The molecule has 2 N–H and O–H groups in total. The fourth-order valence-electron chi connectivity index (χ4n) is 1.92. The molecule has 1 aromatic rings. The predicted molar refractivity (Wildman–Crippen MR) is 71.4 cm³/mol. The van der Waals surface area contributed by atoms with Gasteiger partial charge in [-0.15, -0.1) is 0 Å². The Morgan fingerprint density at radius 3 is 2.50 bits per heavy atom. The first-order valence-electron chi connectivity index (χ1n) is 6.10. The van der Waals surface area contributed by atoms with Crippen LogP contribution in [-0.2, 0) is 6.54 Å². The molecule has 0 saturated heterocycles. The largest absolute Gasteiger partial charge is 0.399 e. The maximum atomic E-state index is 5.82. The molecule has 0 aliphatic rings. The summed E-state index contributed by atoms with van der Waals surface area (Å²) in [7, 11) is 0. The first-order valence-corrected chi connectivity index (χ1v) is 6.10. The average Bonchev–Trinajstić information content (AvgIpc) is 2.22. The van der Waals surface area contributed by atoms with Gasteiger partial charge in [-0.3, -0.25) is 4.90 Å². The summed E-state index contributed by atoms with van der Waals surface area (Å²) in [6.07, 6.45) is 0. The Labute approximate surface area is 99.5 Å². The Hall–Kier alpha value is -1.02. The summed E-state index contributed by atoms with van der Waals surface area (Å²) in [5.74, 6) is 0.717. The van der Waals surface area contributed by atoms with E-state index in [-0.39, 0.29) is 0 Å². The zero-order valence-corrected chi connectivity index (χ0v) is 11.0. The van der Waals surface area contributed by atoms with Crippen LogP contribution in [0.25, 0.3) is 0 Å². The summed E-state index contributed by atoms with van der Waals surface area (Å²) in [6, 6.07) is 6.33. The number of hydrogen-bond acceptors (Lipinski definition) is 2. The zero-order chi connectivity index (χ0) is 12.1. The van der Waals surface area contributed by atoms with Gasteiger partial charge in [0.25, 0.3) is 0 Å². The molecule has 0 heterocycles. The summed E-state index contributed by atoms with van der Waals surface area (Å²) in [6.45, 7) is 12.1. The Kier molecular flexibility index (Phi) is 4.81. The van der Waals surface area contributed by atoms with Crippen molar-refractivity contribution in [2.45, 2.75) is 34.2 Å². The number of nitrogens with two attached hydrogens (primary N) is 1. The third kappa shape index (κ3) is 3.86. The van der Waals surface area contributed by atoms with Crippen molar-refractivity contribution >= 4 is 5.69 Å². The molecule has 0 saturated carbocycles. The van der Waals surface area contributed by atoms with Gasteiger partial charge in [0.15, 0.2) is 0 Å². The van der Waals surface area contributed by atoms with Gasteiger partial charge < -0.3 is 5.73 Å². The maximum absolute atomic E-state index is 5.82. The van der Waals surface area contributed by atoms with E-state index in [9.17, 15) is 0 Å². The third-order valence-corrected chi connectivity index (χ3v) is 2.81. The van der Waals surface area contributed by atoms with Crippen molar-refractivity contribution in [3.8, 4) is 0 Å². The van der Waals surface area contributed by atoms with Crippen molar-refractivity contribution in [2.24, 2.45) is 5.92 Å². The van der Waals surface area contributed by atoms with Crippen LogP contribution < -0.4 is 5.73 Å². The van der Waals surface area contributed by atoms with Gasteiger partial charge in [-0.25, -0.2) is 0 Å². The molecule has 0 bridgehead atoms. The molecule has 0 aliphatic carbocycles. The molecule has 2 nitrogen and oxygen atoms in total. The van der Waals surface area contributed by atoms with Crippen molar-refractivity contribution in [1.29, 1.82) is 0 Å². The Morgan fingerprint density at radius 2 is 2.00 bits per heavy atom. The highest BCUT2D eigenvalue weighted by Crippen LogP contribution is 2.14. The molecule has 0 fully saturated rings. The molecule has 0 amide bonds. The van der Waals surface area contributed by atoms with Crippen molar-refractivity contribution in [1.82, 2.24) is 4.90 Å². The molecule has 0 radical (unpaired) electrons. The van der Waals surface area contributed by atoms with Crippen molar-refractivity contribution in [2.75, 3.05) is 18.8 Å². The fraction of sp³-hybridized carbons (Fsp3) is 0.571. The molecular weight excluding hydrogens is 196 g/mol. The summed E-state index contributed by atoms with van der Waals surface area (Å²) < 4.78 is 0. The molecule has 1 aromatic carbocycles.